The highest BCUT2D eigenvalue weighted by molar-refractivity contribution is 5.73. The Morgan fingerprint density at radius 3 is 2.22 bits per heavy atom. The molecule has 0 aromatic rings. The molecule has 13 atom stereocenters. The van der Waals surface area contributed by atoms with Crippen molar-refractivity contribution in [2.45, 2.75) is 105 Å². The quantitative estimate of drug-likeness (QED) is 0.0865. The summed E-state index contributed by atoms with van der Waals surface area (Å²) in [7, 11) is 0. The summed E-state index contributed by atoms with van der Waals surface area (Å²) in [6.07, 6.45) is 7.33. The normalized spacial score (nSPS) is 28.7. The number of ether oxygens (including phenoxy) is 2. The zero-order chi connectivity index (χ0) is 31.4. The maximum atomic E-state index is 12.0. The fourth-order valence-electron chi connectivity index (χ4n) is 5.76. The summed E-state index contributed by atoms with van der Waals surface area (Å²) < 4.78 is 10.7. The molecule has 1 aliphatic rings. The van der Waals surface area contributed by atoms with E-state index in [0.717, 1.165) is 5.57 Å². The predicted octanol–water partition coefficient (Wildman–Crippen LogP) is 4.37. The van der Waals surface area contributed by atoms with Crippen molar-refractivity contribution in [2.75, 3.05) is 0 Å². The number of hydrogen-bond acceptors (Lipinski definition) is 8. The second-order valence-corrected chi connectivity index (χ2v) is 12.2. The summed E-state index contributed by atoms with van der Waals surface area (Å²) in [5.41, 5.74) is 1.03. The van der Waals surface area contributed by atoms with Gasteiger partial charge in [0.15, 0.2) is 0 Å². The van der Waals surface area contributed by atoms with Gasteiger partial charge >= 0.3 is 5.97 Å². The summed E-state index contributed by atoms with van der Waals surface area (Å²) in [5.74, 6) is -2.26. The van der Waals surface area contributed by atoms with Crippen molar-refractivity contribution in [3.63, 3.8) is 0 Å². The van der Waals surface area contributed by atoms with Gasteiger partial charge in [-0.2, -0.15) is 0 Å². The van der Waals surface area contributed by atoms with Gasteiger partial charge in [-0.05, 0) is 26.2 Å². The molecule has 0 aromatic heterocycles. The van der Waals surface area contributed by atoms with Gasteiger partial charge < -0.3 is 29.9 Å². The SMILES string of the molecule is C=C/C=C\[C@H](C)C(OC=O)C(C)C(O)C(C)C/C(C)=C\[C@H](C)[C@@H](O)[C@@H](C)/C=C\[C@@H](O)C[C@@H]1OC(=O)[C@H](C)C(O)C1C. The van der Waals surface area contributed by atoms with Crippen LogP contribution in [0.2, 0.25) is 0 Å². The fourth-order valence-corrected chi connectivity index (χ4v) is 5.76. The average molecular weight is 579 g/mol. The van der Waals surface area contributed by atoms with Crippen LogP contribution in [0.1, 0.15) is 68.2 Å². The first-order valence-electron chi connectivity index (χ1n) is 14.8. The predicted molar refractivity (Wildman–Crippen MR) is 160 cm³/mol. The molecule has 8 heteroatoms. The van der Waals surface area contributed by atoms with Crippen molar-refractivity contribution in [1.82, 2.24) is 0 Å². The molecule has 1 saturated heterocycles. The van der Waals surface area contributed by atoms with Crippen LogP contribution in [-0.4, -0.2) is 69.5 Å². The maximum absolute atomic E-state index is 12.0. The van der Waals surface area contributed by atoms with E-state index in [-0.39, 0.29) is 41.9 Å². The van der Waals surface area contributed by atoms with Crippen molar-refractivity contribution >= 4 is 12.4 Å². The lowest BCUT2D eigenvalue weighted by Crippen LogP contribution is -2.47. The molecule has 0 aromatic carbocycles. The first kappa shape index (κ1) is 36.8. The number of aliphatic hydroxyl groups is 4. The fraction of sp³-hybridized carbons (Fsp3) is 0.697. The third-order valence-electron chi connectivity index (χ3n) is 8.58. The van der Waals surface area contributed by atoms with Crippen LogP contribution in [0.15, 0.2) is 48.6 Å². The van der Waals surface area contributed by atoms with Gasteiger partial charge in [0.1, 0.15) is 12.2 Å². The van der Waals surface area contributed by atoms with Gasteiger partial charge in [0, 0.05) is 36.0 Å². The van der Waals surface area contributed by atoms with E-state index in [2.05, 4.69) is 6.58 Å². The van der Waals surface area contributed by atoms with Crippen LogP contribution in [0.3, 0.4) is 0 Å². The third kappa shape index (κ3) is 11.2. The van der Waals surface area contributed by atoms with Gasteiger partial charge in [0.2, 0.25) is 0 Å². The minimum Gasteiger partial charge on any atom is -0.464 e. The summed E-state index contributed by atoms with van der Waals surface area (Å²) in [5, 5.41) is 42.7. The molecule has 0 bridgehead atoms. The Labute approximate surface area is 246 Å². The third-order valence-corrected chi connectivity index (χ3v) is 8.58. The molecule has 0 spiro atoms. The lowest BCUT2D eigenvalue weighted by atomic mass is 9.81. The summed E-state index contributed by atoms with van der Waals surface area (Å²) in [6.45, 7) is 19.1. The highest BCUT2D eigenvalue weighted by Crippen LogP contribution is 2.30. The number of cyclic esters (lactones) is 1. The van der Waals surface area contributed by atoms with E-state index >= 15 is 0 Å². The highest BCUT2D eigenvalue weighted by atomic mass is 16.6. The van der Waals surface area contributed by atoms with Crippen LogP contribution in [-0.2, 0) is 19.1 Å². The Morgan fingerprint density at radius 1 is 1.00 bits per heavy atom. The minimum absolute atomic E-state index is 0.0914. The molecular weight excluding hydrogens is 524 g/mol. The smallest absolute Gasteiger partial charge is 0.311 e. The molecule has 1 rings (SSSR count). The first-order valence-corrected chi connectivity index (χ1v) is 14.8. The summed E-state index contributed by atoms with van der Waals surface area (Å²) >= 11 is 0. The molecule has 1 fully saturated rings. The number of rotatable bonds is 17. The van der Waals surface area contributed by atoms with Crippen molar-refractivity contribution in [2.24, 2.45) is 41.4 Å². The Hall–Kier alpha value is -2.26. The van der Waals surface area contributed by atoms with Gasteiger partial charge in [-0.3, -0.25) is 9.59 Å². The molecule has 0 radical (unpaired) electrons. The first-order chi connectivity index (χ1) is 19.2. The molecule has 41 heavy (non-hydrogen) atoms. The van der Waals surface area contributed by atoms with Crippen LogP contribution in [0, 0.1) is 41.4 Å². The van der Waals surface area contributed by atoms with Crippen molar-refractivity contribution in [1.29, 1.82) is 0 Å². The standard InChI is InChI=1S/C33H54O8/c1-10-11-12-21(4)32(40-18-34)25(8)30(37)23(6)16-19(2)15-22(5)29(36)20(3)13-14-27(35)17-28-24(7)31(38)26(9)33(39)41-28/h10-15,18,20-32,35-38H,1,16-17H2,2-9H3/b12-11-,14-13-,19-15-/t20-,21-,22-,23?,24?,25?,26+,27+,28-,29-,30?,31?,32?/m0/s1. The summed E-state index contributed by atoms with van der Waals surface area (Å²) in [6, 6.07) is 0. The van der Waals surface area contributed by atoms with Crippen molar-refractivity contribution < 1.29 is 39.5 Å². The van der Waals surface area contributed by atoms with E-state index < -0.39 is 48.5 Å². The van der Waals surface area contributed by atoms with E-state index in [1.165, 1.54) is 0 Å². The molecule has 6 unspecified atom stereocenters. The van der Waals surface area contributed by atoms with E-state index in [4.69, 9.17) is 9.47 Å². The number of allylic oxidation sites excluding steroid dienone is 3. The number of carbonyl (C=O) groups excluding carboxylic acids is 2. The lowest BCUT2D eigenvalue weighted by Gasteiger charge is -2.36. The molecule has 0 amide bonds. The number of esters is 1. The van der Waals surface area contributed by atoms with E-state index in [0.29, 0.717) is 12.9 Å². The average Bonchev–Trinajstić information content (AvgIpc) is 2.93. The molecule has 4 N–H and O–H groups in total. The van der Waals surface area contributed by atoms with E-state index in [1.54, 1.807) is 38.2 Å². The lowest BCUT2D eigenvalue weighted by molar-refractivity contribution is -0.179. The Morgan fingerprint density at radius 2 is 1.63 bits per heavy atom. The van der Waals surface area contributed by atoms with Crippen LogP contribution < -0.4 is 0 Å². The largest absolute Gasteiger partial charge is 0.464 e. The van der Waals surface area contributed by atoms with Gasteiger partial charge in [0.25, 0.3) is 6.47 Å². The molecular formula is C33H54O8. The molecule has 1 heterocycles. The molecule has 0 saturated carbocycles. The molecule has 1 aliphatic heterocycles. The zero-order valence-corrected chi connectivity index (χ0v) is 26.1. The van der Waals surface area contributed by atoms with Gasteiger partial charge in [-0.1, -0.05) is 90.2 Å². The second-order valence-electron chi connectivity index (χ2n) is 12.2. The minimum atomic E-state index is -0.885. The van der Waals surface area contributed by atoms with Crippen LogP contribution in [0.5, 0.6) is 0 Å². The number of aliphatic hydroxyl groups excluding tert-OH is 4. The van der Waals surface area contributed by atoms with Crippen molar-refractivity contribution in [3.8, 4) is 0 Å². The zero-order valence-electron chi connectivity index (χ0n) is 26.1. The Bertz CT molecular complexity index is 911. The Kier molecular flexibility index (Phi) is 15.8. The van der Waals surface area contributed by atoms with E-state index in [9.17, 15) is 30.0 Å². The van der Waals surface area contributed by atoms with Crippen molar-refractivity contribution in [3.05, 3.63) is 48.6 Å². The maximum Gasteiger partial charge on any atom is 0.311 e. The highest BCUT2D eigenvalue weighted by Gasteiger charge is 2.40. The molecule has 234 valence electrons. The number of carbonyl (C=O) groups is 2. The van der Waals surface area contributed by atoms with Crippen LogP contribution in [0.25, 0.3) is 0 Å². The Balaban J connectivity index is 2.73. The van der Waals surface area contributed by atoms with E-state index in [1.807, 2.05) is 53.7 Å². The topological polar surface area (TPSA) is 134 Å². The summed E-state index contributed by atoms with van der Waals surface area (Å²) in [4.78, 5) is 23.1. The van der Waals surface area contributed by atoms with Gasteiger partial charge in [-0.25, -0.2) is 0 Å². The van der Waals surface area contributed by atoms with Crippen LogP contribution >= 0.6 is 0 Å². The number of hydrogen-bond donors (Lipinski definition) is 4. The second kappa shape index (κ2) is 17.6. The monoisotopic (exact) mass is 578 g/mol. The van der Waals surface area contributed by atoms with Gasteiger partial charge in [-0.15, -0.1) is 0 Å². The molecule has 8 nitrogen and oxygen atoms in total. The molecule has 0 aliphatic carbocycles. The van der Waals surface area contributed by atoms with Crippen LogP contribution in [0.4, 0.5) is 0 Å². The van der Waals surface area contributed by atoms with Gasteiger partial charge in [0.05, 0.1) is 30.3 Å².